The second-order valence-electron chi connectivity index (χ2n) is 5.54. The topological polar surface area (TPSA) is 54.0 Å². The third-order valence-electron chi connectivity index (χ3n) is 3.75. The number of carbonyl (C=O) groups excluding carboxylic acids is 1. The van der Waals surface area contributed by atoms with Crippen molar-refractivity contribution in [3.63, 3.8) is 0 Å². The first-order valence-electron chi connectivity index (χ1n) is 9.31. The average molecular weight is 381 g/mol. The quantitative estimate of drug-likeness (QED) is 0.230. The standard InChI is InChI=1S/C17H36O5SSi/c1-7-13-16(15(9-3)17(18)22-23-14-8-2)24(19-10-4,20-11-5)21-12-6/h15-16H,7-14H2,1-6H3. The average Bonchev–Trinajstić information content (AvgIpc) is 2.55. The molecule has 0 heterocycles. The second kappa shape index (κ2) is 14.1. The molecular weight excluding hydrogens is 344 g/mol. The molecule has 0 aromatic rings. The van der Waals surface area contributed by atoms with E-state index in [-0.39, 0.29) is 17.4 Å². The Morgan fingerprint density at radius 2 is 1.46 bits per heavy atom. The first kappa shape index (κ1) is 23.9. The number of hydrogen-bond donors (Lipinski definition) is 0. The number of carbonyl (C=O) groups is 1. The van der Waals surface area contributed by atoms with Gasteiger partial charge in [0.1, 0.15) is 0 Å². The summed E-state index contributed by atoms with van der Waals surface area (Å²) in [5, 5.41) is 0. The van der Waals surface area contributed by atoms with E-state index in [1.165, 1.54) is 12.0 Å². The zero-order chi connectivity index (χ0) is 18.4. The lowest BCUT2D eigenvalue weighted by atomic mass is 9.99. The molecule has 0 aliphatic rings. The van der Waals surface area contributed by atoms with Gasteiger partial charge in [0.2, 0.25) is 0 Å². The fraction of sp³-hybridized carbons (Fsp3) is 0.941. The lowest BCUT2D eigenvalue weighted by Gasteiger charge is -2.38. The minimum atomic E-state index is -2.95. The summed E-state index contributed by atoms with van der Waals surface area (Å²) in [5.74, 6) is 0.377. The molecule has 0 spiro atoms. The molecule has 0 saturated carbocycles. The zero-order valence-electron chi connectivity index (χ0n) is 16.3. The normalized spacial score (nSPS) is 14.4. The van der Waals surface area contributed by atoms with Gasteiger partial charge in [-0.05, 0) is 40.0 Å². The van der Waals surface area contributed by atoms with Gasteiger partial charge in [0.15, 0.2) is 0 Å². The van der Waals surface area contributed by atoms with Crippen molar-refractivity contribution in [2.24, 2.45) is 5.92 Å². The molecule has 0 fully saturated rings. The van der Waals surface area contributed by atoms with Crippen LogP contribution in [0.4, 0.5) is 0 Å². The molecule has 0 rings (SSSR count). The van der Waals surface area contributed by atoms with Gasteiger partial charge in [-0.15, -0.1) is 0 Å². The van der Waals surface area contributed by atoms with E-state index in [0.29, 0.717) is 26.2 Å². The first-order chi connectivity index (χ1) is 11.6. The molecule has 7 heteroatoms. The van der Waals surface area contributed by atoms with Crippen LogP contribution in [-0.4, -0.2) is 40.3 Å². The van der Waals surface area contributed by atoms with Crippen molar-refractivity contribution in [3.05, 3.63) is 0 Å². The molecule has 0 amide bonds. The zero-order valence-corrected chi connectivity index (χ0v) is 18.1. The van der Waals surface area contributed by atoms with Crippen LogP contribution in [0.5, 0.6) is 0 Å². The predicted molar refractivity (Wildman–Crippen MR) is 102 cm³/mol. The summed E-state index contributed by atoms with van der Waals surface area (Å²) >= 11 is 1.23. The monoisotopic (exact) mass is 380 g/mol. The Balaban J connectivity index is 5.48. The summed E-state index contributed by atoms with van der Waals surface area (Å²) in [4.78, 5) is 12.6. The maximum atomic E-state index is 12.6. The summed E-state index contributed by atoms with van der Waals surface area (Å²) < 4.78 is 23.6. The van der Waals surface area contributed by atoms with Gasteiger partial charge in [-0.2, -0.15) is 0 Å². The Labute approximate surface area is 153 Å². The number of hydrogen-bond acceptors (Lipinski definition) is 6. The molecule has 0 bridgehead atoms. The highest BCUT2D eigenvalue weighted by Gasteiger charge is 2.53. The maximum Gasteiger partial charge on any atom is 0.505 e. The third-order valence-corrected chi connectivity index (χ3v) is 8.28. The molecule has 0 aromatic heterocycles. The summed E-state index contributed by atoms with van der Waals surface area (Å²) in [6.07, 6.45) is 3.44. The first-order valence-corrected chi connectivity index (χ1v) is 12.0. The van der Waals surface area contributed by atoms with Crippen molar-refractivity contribution in [2.75, 3.05) is 25.6 Å². The van der Waals surface area contributed by atoms with E-state index in [4.69, 9.17) is 17.5 Å². The van der Waals surface area contributed by atoms with Gasteiger partial charge in [0, 0.05) is 31.1 Å². The van der Waals surface area contributed by atoms with Crippen LogP contribution in [0.15, 0.2) is 0 Å². The van der Waals surface area contributed by atoms with Gasteiger partial charge < -0.3 is 17.5 Å². The molecular formula is C17H36O5SSi. The van der Waals surface area contributed by atoms with Gasteiger partial charge in [0.05, 0.1) is 18.0 Å². The van der Waals surface area contributed by atoms with Crippen molar-refractivity contribution in [1.82, 2.24) is 0 Å². The van der Waals surface area contributed by atoms with Crippen LogP contribution in [0.25, 0.3) is 0 Å². The number of rotatable bonds is 15. The van der Waals surface area contributed by atoms with Crippen LogP contribution < -0.4 is 0 Å². The van der Waals surface area contributed by atoms with Crippen LogP contribution in [0.1, 0.15) is 67.2 Å². The van der Waals surface area contributed by atoms with Crippen molar-refractivity contribution < 1.29 is 22.3 Å². The largest absolute Gasteiger partial charge is 0.505 e. The van der Waals surface area contributed by atoms with Crippen molar-refractivity contribution in [1.29, 1.82) is 0 Å². The molecule has 24 heavy (non-hydrogen) atoms. The van der Waals surface area contributed by atoms with E-state index in [2.05, 4.69) is 13.8 Å². The fourth-order valence-electron chi connectivity index (χ4n) is 2.85. The fourth-order valence-corrected chi connectivity index (χ4v) is 6.94. The lowest BCUT2D eigenvalue weighted by molar-refractivity contribution is -0.138. The van der Waals surface area contributed by atoms with E-state index in [0.717, 1.165) is 25.0 Å². The lowest BCUT2D eigenvalue weighted by Crippen LogP contribution is -2.53. The summed E-state index contributed by atoms with van der Waals surface area (Å²) in [5.41, 5.74) is -0.0675. The molecule has 0 N–H and O–H groups in total. The van der Waals surface area contributed by atoms with E-state index in [1.807, 2.05) is 27.7 Å². The molecule has 144 valence electrons. The molecule has 2 atom stereocenters. The smallest absolute Gasteiger partial charge is 0.391 e. The third kappa shape index (κ3) is 7.43. The molecule has 0 aromatic carbocycles. The van der Waals surface area contributed by atoms with E-state index < -0.39 is 8.80 Å². The predicted octanol–water partition coefficient (Wildman–Crippen LogP) is 4.83. The SMILES string of the molecule is CCCSOC(=O)C(CC)C(CCC)[Si](OCC)(OCC)OCC. The van der Waals surface area contributed by atoms with Crippen LogP contribution in [0.3, 0.4) is 0 Å². The van der Waals surface area contributed by atoms with Crippen molar-refractivity contribution in [3.8, 4) is 0 Å². The van der Waals surface area contributed by atoms with E-state index in [1.54, 1.807) is 0 Å². The van der Waals surface area contributed by atoms with Crippen molar-refractivity contribution in [2.45, 2.75) is 72.8 Å². The molecule has 0 aliphatic heterocycles. The molecule has 0 aliphatic carbocycles. The summed E-state index contributed by atoms with van der Waals surface area (Å²) in [6, 6.07) is 0. The highest BCUT2D eigenvalue weighted by atomic mass is 32.2. The minimum Gasteiger partial charge on any atom is -0.391 e. The van der Waals surface area contributed by atoms with Gasteiger partial charge >= 0.3 is 14.8 Å². The summed E-state index contributed by atoms with van der Waals surface area (Å²) in [7, 11) is -2.95. The van der Waals surface area contributed by atoms with Gasteiger partial charge in [-0.25, -0.2) is 0 Å². The Kier molecular flexibility index (Phi) is 14.1. The van der Waals surface area contributed by atoms with Gasteiger partial charge in [-0.1, -0.05) is 27.2 Å². The Hall–Kier alpha value is -0.0831. The van der Waals surface area contributed by atoms with Crippen molar-refractivity contribution >= 4 is 26.8 Å². The van der Waals surface area contributed by atoms with Gasteiger partial charge in [0.25, 0.3) is 0 Å². The highest BCUT2D eigenvalue weighted by molar-refractivity contribution is 7.95. The Morgan fingerprint density at radius 1 is 0.917 bits per heavy atom. The molecule has 0 saturated heterocycles. The Morgan fingerprint density at radius 3 is 1.83 bits per heavy atom. The Bertz CT molecular complexity index is 313. The molecule has 5 nitrogen and oxygen atoms in total. The molecule has 0 radical (unpaired) electrons. The van der Waals surface area contributed by atoms with E-state index in [9.17, 15) is 4.79 Å². The molecule has 2 unspecified atom stereocenters. The van der Waals surface area contributed by atoms with Gasteiger partial charge in [-0.3, -0.25) is 4.79 Å². The van der Waals surface area contributed by atoms with Crippen LogP contribution >= 0.6 is 12.0 Å². The highest BCUT2D eigenvalue weighted by Crippen LogP contribution is 2.39. The van der Waals surface area contributed by atoms with Crippen LogP contribution in [0.2, 0.25) is 5.54 Å². The summed E-state index contributed by atoms with van der Waals surface area (Å²) in [6.45, 7) is 13.6. The second-order valence-corrected chi connectivity index (χ2v) is 9.16. The minimum absolute atomic E-state index is 0.0675. The van der Waals surface area contributed by atoms with Crippen LogP contribution in [-0.2, 0) is 22.3 Å². The van der Waals surface area contributed by atoms with E-state index >= 15 is 0 Å². The maximum absolute atomic E-state index is 12.6. The van der Waals surface area contributed by atoms with Crippen LogP contribution in [0, 0.1) is 5.92 Å².